The number of carbonyl (C=O) groups excluding carboxylic acids is 1. The fourth-order valence-electron chi connectivity index (χ4n) is 1.86. The standard InChI is InChI=1S/C13H10BrN3O2/c1-7-12(18)16-10-6-8(2-3-11(10)19-7)9-4-5-15-13(14)17-9/h2-7H,1H3,(H,16,18). The topological polar surface area (TPSA) is 64.1 Å². The summed E-state index contributed by atoms with van der Waals surface area (Å²) in [5.74, 6) is 0.525. The molecule has 1 amide bonds. The average molecular weight is 320 g/mol. The minimum absolute atomic E-state index is 0.145. The van der Waals surface area contributed by atoms with E-state index in [1.165, 1.54) is 0 Å². The van der Waals surface area contributed by atoms with E-state index in [-0.39, 0.29) is 5.91 Å². The molecule has 3 rings (SSSR count). The molecule has 0 radical (unpaired) electrons. The van der Waals surface area contributed by atoms with E-state index in [9.17, 15) is 4.79 Å². The Balaban J connectivity index is 2.02. The number of ether oxygens (including phenoxy) is 1. The van der Waals surface area contributed by atoms with Crippen molar-refractivity contribution in [1.29, 1.82) is 0 Å². The first-order valence-electron chi connectivity index (χ1n) is 5.74. The van der Waals surface area contributed by atoms with Gasteiger partial charge in [-0.05, 0) is 47.1 Å². The number of nitrogens with zero attached hydrogens (tertiary/aromatic N) is 2. The van der Waals surface area contributed by atoms with Crippen LogP contribution in [0.5, 0.6) is 5.75 Å². The van der Waals surface area contributed by atoms with Gasteiger partial charge in [-0.1, -0.05) is 0 Å². The Hall–Kier alpha value is -1.95. The minimum atomic E-state index is -0.466. The molecule has 0 saturated carbocycles. The second kappa shape index (κ2) is 4.62. The average Bonchev–Trinajstić information content (AvgIpc) is 2.39. The third kappa shape index (κ3) is 2.31. The van der Waals surface area contributed by atoms with Gasteiger partial charge in [0.25, 0.3) is 5.91 Å². The molecule has 2 heterocycles. The molecule has 0 saturated heterocycles. The molecule has 1 aliphatic rings. The van der Waals surface area contributed by atoms with Crippen LogP contribution >= 0.6 is 15.9 Å². The zero-order valence-corrected chi connectivity index (χ0v) is 11.6. The number of nitrogens with one attached hydrogen (secondary N) is 1. The number of amides is 1. The molecule has 1 aromatic carbocycles. The third-order valence-corrected chi connectivity index (χ3v) is 3.21. The van der Waals surface area contributed by atoms with Gasteiger partial charge >= 0.3 is 0 Å². The van der Waals surface area contributed by atoms with Gasteiger partial charge in [-0.2, -0.15) is 0 Å². The fourth-order valence-corrected chi connectivity index (χ4v) is 2.17. The van der Waals surface area contributed by atoms with E-state index in [0.29, 0.717) is 16.2 Å². The largest absolute Gasteiger partial charge is 0.479 e. The van der Waals surface area contributed by atoms with Gasteiger partial charge in [0.1, 0.15) is 5.75 Å². The number of hydrogen-bond acceptors (Lipinski definition) is 4. The van der Waals surface area contributed by atoms with Gasteiger partial charge in [0.2, 0.25) is 0 Å². The minimum Gasteiger partial charge on any atom is -0.479 e. The molecular weight excluding hydrogens is 310 g/mol. The Morgan fingerprint density at radius 3 is 3.00 bits per heavy atom. The number of benzene rings is 1. The van der Waals surface area contributed by atoms with E-state index in [1.807, 2.05) is 18.2 Å². The smallest absolute Gasteiger partial charge is 0.265 e. The molecule has 1 atom stereocenters. The van der Waals surface area contributed by atoms with E-state index in [0.717, 1.165) is 11.3 Å². The second-order valence-corrected chi connectivity index (χ2v) is 4.88. The molecule has 96 valence electrons. The first kappa shape index (κ1) is 12.1. The van der Waals surface area contributed by atoms with Crippen LogP contribution in [0.2, 0.25) is 0 Å². The molecule has 0 fully saturated rings. The van der Waals surface area contributed by atoms with Crippen LogP contribution in [-0.4, -0.2) is 22.0 Å². The number of anilines is 1. The van der Waals surface area contributed by atoms with E-state index >= 15 is 0 Å². The highest BCUT2D eigenvalue weighted by Crippen LogP contribution is 2.33. The van der Waals surface area contributed by atoms with Gasteiger partial charge in [0.15, 0.2) is 10.8 Å². The molecule has 1 N–H and O–H groups in total. The van der Waals surface area contributed by atoms with Crippen molar-refractivity contribution in [1.82, 2.24) is 9.97 Å². The van der Waals surface area contributed by atoms with Crippen molar-refractivity contribution in [3.8, 4) is 17.0 Å². The van der Waals surface area contributed by atoms with E-state index in [1.54, 1.807) is 19.2 Å². The summed E-state index contributed by atoms with van der Waals surface area (Å²) >= 11 is 3.24. The first-order chi connectivity index (χ1) is 9.13. The lowest BCUT2D eigenvalue weighted by molar-refractivity contribution is -0.122. The van der Waals surface area contributed by atoms with Gasteiger partial charge in [-0.15, -0.1) is 0 Å². The molecule has 19 heavy (non-hydrogen) atoms. The van der Waals surface area contributed by atoms with Gasteiger partial charge in [0.05, 0.1) is 11.4 Å². The fraction of sp³-hybridized carbons (Fsp3) is 0.154. The summed E-state index contributed by atoms with van der Waals surface area (Å²) in [5.41, 5.74) is 2.33. The Bertz CT molecular complexity index is 660. The molecule has 6 heteroatoms. The normalized spacial score (nSPS) is 17.4. The maximum atomic E-state index is 11.6. The third-order valence-electron chi connectivity index (χ3n) is 2.83. The number of fused-ring (bicyclic) bond motifs is 1. The van der Waals surface area contributed by atoms with Crippen molar-refractivity contribution in [3.05, 3.63) is 35.2 Å². The van der Waals surface area contributed by atoms with Gasteiger partial charge in [0, 0.05) is 11.8 Å². The zero-order valence-electron chi connectivity index (χ0n) is 10.1. The van der Waals surface area contributed by atoms with Crippen LogP contribution in [0, 0.1) is 0 Å². The van der Waals surface area contributed by atoms with Crippen molar-refractivity contribution in [2.24, 2.45) is 0 Å². The zero-order chi connectivity index (χ0) is 13.4. The van der Waals surface area contributed by atoms with Crippen molar-refractivity contribution < 1.29 is 9.53 Å². The molecule has 0 spiro atoms. The van der Waals surface area contributed by atoms with Gasteiger partial charge < -0.3 is 10.1 Å². The number of aromatic nitrogens is 2. The summed E-state index contributed by atoms with van der Waals surface area (Å²) in [5, 5.41) is 2.82. The molecule has 1 aromatic heterocycles. The summed E-state index contributed by atoms with van der Waals surface area (Å²) in [6, 6.07) is 7.38. The lowest BCUT2D eigenvalue weighted by Crippen LogP contribution is -2.34. The summed E-state index contributed by atoms with van der Waals surface area (Å²) in [7, 11) is 0. The Labute approximate surface area is 118 Å². The lowest BCUT2D eigenvalue weighted by atomic mass is 10.1. The van der Waals surface area contributed by atoms with Crippen LogP contribution in [0.1, 0.15) is 6.92 Å². The maximum absolute atomic E-state index is 11.6. The van der Waals surface area contributed by atoms with Crippen LogP contribution in [0.3, 0.4) is 0 Å². The van der Waals surface area contributed by atoms with Crippen molar-refractivity contribution in [2.45, 2.75) is 13.0 Å². The summed E-state index contributed by atoms with van der Waals surface area (Å²) < 4.78 is 6.03. The number of rotatable bonds is 1. The van der Waals surface area contributed by atoms with E-state index in [2.05, 4.69) is 31.2 Å². The Kier molecular flexibility index (Phi) is 2.94. The van der Waals surface area contributed by atoms with Crippen LogP contribution in [0.4, 0.5) is 5.69 Å². The summed E-state index contributed by atoms with van der Waals surface area (Å²) in [6.07, 6.45) is 1.20. The van der Waals surface area contributed by atoms with Crippen LogP contribution in [0.25, 0.3) is 11.3 Å². The monoisotopic (exact) mass is 319 g/mol. The van der Waals surface area contributed by atoms with Crippen LogP contribution in [0.15, 0.2) is 35.2 Å². The van der Waals surface area contributed by atoms with E-state index in [4.69, 9.17) is 4.74 Å². The second-order valence-electron chi connectivity index (χ2n) is 4.17. The van der Waals surface area contributed by atoms with Crippen molar-refractivity contribution in [2.75, 3.05) is 5.32 Å². The van der Waals surface area contributed by atoms with Crippen molar-refractivity contribution in [3.63, 3.8) is 0 Å². The Morgan fingerprint density at radius 2 is 2.21 bits per heavy atom. The van der Waals surface area contributed by atoms with Gasteiger partial charge in [-0.25, -0.2) is 9.97 Å². The number of hydrogen-bond donors (Lipinski definition) is 1. The SMILES string of the molecule is CC1Oc2ccc(-c3ccnc(Br)n3)cc2NC1=O. The molecular formula is C13H10BrN3O2. The highest BCUT2D eigenvalue weighted by Gasteiger charge is 2.23. The highest BCUT2D eigenvalue weighted by molar-refractivity contribution is 9.10. The molecule has 1 aliphatic heterocycles. The summed E-state index contributed by atoms with van der Waals surface area (Å²) in [4.78, 5) is 19.9. The predicted octanol–water partition coefficient (Wildman–Crippen LogP) is 2.63. The van der Waals surface area contributed by atoms with Crippen LogP contribution in [-0.2, 0) is 4.79 Å². The molecule has 5 nitrogen and oxygen atoms in total. The quantitative estimate of drug-likeness (QED) is 0.821. The van der Waals surface area contributed by atoms with Crippen LogP contribution < -0.4 is 10.1 Å². The molecule has 0 bridgehead atoms. The molecule has 2 aromatic rings. The van der Waals surface area contributed by atoms with E-state index < -0.39 is 6.10 Å². The molecule has 1 unspecified atom stereocenters. The number of carbonyl (C=O) groups is 1. The first-order valence-corrected chi connectivity index (χ1v) is 6.53. The van der Waals surface area contributed by atoms with Crippen molar-refractivity contribution >= 4 is 27.5 Å². The summed E-state index contributed by atoms with van der Waals surface area (Å²) in [6.45, 7) is 1.72. The Morgan fingerprint density at radius 1 is 1.37 bits per heavy atom. The lowest BCUT2D eigenvalue weighted by Gasteiger charge is -2.23. The number of halogens is 1. The predicted molar refractivity (Wildman–Crippen MR) is 73.9 cm³/mol. The van der Waals surface area contributed by atoms with Gasteiger partial charge in [-0.3, -0.25) is 4.79 Å². The maximum Gasteiger partial charge on any atom is 0.265 e. The highest BCUT2D eigenvalue weighted by atomic mass is 79.9. The molecule has 0 aliphatic carbocycles.